The van der Waals surface area contributed by atoms with Crippen LogP contribution in [-0.4, -0.2) is 182 Å². The van der Waals surface area contributed by atoms with Gasteiger partial charge in [-0.1, -0.05) is 12.1 Å². The second-order valence-corrected chi connectivity index (χ2v) is 18.4. The molecule has 392 valence electrons. The molecular formula is C52H60F2N10O10. The van der Waals surface area contributed by atoms with E-state index < -0.39 is 41.3 Å². The Morgan fingerprint density at radius 2 is 1.43 bits per heavy atom. The van der Waals surface area contributed by atoms with Crippen LogP contribution in [0.3, 0.4) is 0 Å². The van der Waals surface area contributed by atoms with Crippen molar-refractivity contribution in [3.05, 3.63) is 95.4 Å². The Bertz CT molecular complexity index is 2800. The maximum absolute atomic E-state index is 15.4. The number of hydrogen-bond donors (Lipinski definition) is 3. The Kier molecular flexibility index (Phi) is 17.7. The highest BCUT2D eigenvalue weighted by atomic mass is 19.1. The highest BCUT2D eigenvalue weighted by Crippen LogP contribution is 2.33. The number of likely N-dealkylation sites (tertiary alicyclic amines) is 1. The van der Waals surface area contributed by atoms with Crippen LogP contribution >= 0.6 is 0 Å². The second-order valence-electron chi connectivity index (χ2n) is 18.4. The molecule has 3 N–H and O–H groups in total. The number of anilines is 1. The van der Waals surface area contributed by atoms with E-state index in [9.17, 15) is 24.0 Å². The topological polar surface area (TPSA) is 221 Å². The number of benzene rings is 3. The maximum Gasteiger partial charge on any atom is 0.262 e. The van der Waals surface area contributed by atoms with Gasteiger partial charge in [-0.15, -0.1) is 0 Å². The molecule has 0 saturated carbocycles. The number of aromatic nitrogens is 4. The molecule has 0 spiro atoms. The summed E-state index contributed by atoms with van der Waals surface area (Å²) in [5, 5.41) is 12.9. The molecule has 5 aromatic rings. The average Bonchev–Trinajstić information content (AvgIpc) is 4.00. The van der Waals surface area contributed by atoms with Crippen molar-refractivity contribution >= 4 is 46.3 Å². The van der Waals surface area contributed by atoms with Gasteiger partial charge in [-0.2, -0.15) is 5.10 Å². The quantitative estimate of drug-likeness (QED) is 0.0594. The summed E-state index contributed by atoms with van der Waals surface area (Å²) in [4.78, 5) is 77.0. The Labute approximate surface area is 426 Å². The van der Waals surface area contributed by atoms with Crippen molar-refractivity contribution < 1.29 is 56.4 Å². The van der Waals surface area contributed by atoms with Crippen LogP contribution in [0.25, 0.3) is 33.4 Å². The van der Waals surface area contributed by atoms with E-state index in [1.165, 1.54) is 12.1 Å². The van der Waals surface area contributed by atoms with Gasteiger partial charge in [0.15, 0.2) is 0 Å². The molecule has 74 heavy (non-hydrogen) atoms. The van der Waals surface area contributed by atoms with Crippen LogP contribution in [0.4, 0.5) is 14.5 Å². The van der Waals surface area contributed by atoms with Crippen LogP contribution in [0.15, 0.2) is 67.1 Å². The van der Waals surface area contributed by atoms with Gasteiger partial charge in [0.25, 0.3) is 11.8 Å². The van der Waals surface area contributed by atoms with Gasteiger partial charge in [0, 0.05) is 80.8 Å². The van der Waals surface area contributed by atoms with Crippen LogP contribution in [0, 0.1) is 11.6 Å². The number of carbonyl (C=O) groups is 5. The van der Waals surface area contributed by atoms with E-state index in [4.69, 9.17) is 28.7 Å². The van der Waals surface area contributed by atoms with Crippen molar-refractivity contribution in [1.29, 1.82) is 0 Å². The lowest BCUT2D eigenvalue weighted by Crippen LogP contribution is -2.54. The predicted molar refractivity (Wildman–Crippen MR) is 265 cm³/mol. The van der Waals surface area contributed by atoms with Gasteiger partial charge < -0.3 is 34.3 Å². The molecule has 1 unspecified atom stereocenters. The van der Waals surface area contributed by atoms with Crippen LogP contribution in [0.5, 0.6) is 0 Å². The number of carbonyl (C=O) groups excluding carboxylic acids is 5. The fourth-order valence-electron chi connectivity index (χ4n) is 9.44. The number of imide groups is 2. The van der Waals surface area contributed by atoms with Gasteiger partial charge in [0.1, 0.15) is 17.7 Å². The highest BCUT2D eigenvalue weighted by Gasteiger charge is 2.44. The minimum atomic E-state index is -1.01. The van der Waals surface area contributed by atoms with Crippen LogP contribution in [0.1, 0.15) is 58.0 Å². The molecule has 4 aliphatic rings. The van der Waals surface area contributed by atoms with Crippen molar-refractivity contribution in [3.8, 4) is 22.4 Å². The molecule has 6 heterocycles. The van der Waals surface area contributed by atoms with Crippen molar-refractivity contribution in [2.45, 2.75) is 44.3 Å². The van der Waals surface area contributed by atoms with E-state index in [0.717, 1.165) is 36.4 Å². The van der Waals surface area contributed by atoms with E-state index in [1.807, 2.05) is 21.8 Å². The minimum Gasteiger partial charge on any atom is -0.383 e. The Morgan fingerprint density at radius 1 is 0.743 bits per heavy atom. The number of piperidine rings is 2. The summed E-state index contributed by atoms with van der Waals surface area (Å²) in [6.07, 6.45) is 7.17. The zero-order valence-electron chi connectivity index (χ0n) is 41.0. The van der Waals surface area contributed by atoms with Crippen molar-refractivity contribution in [2.24, 2.45) is 0 Å². The van der Waals surface area contributed by atoms with Gasteiger partial charge in [0.2, 0.25) is 17.7 Å². The Balaban J connectivity index is 0.596. The number of amides is 5. The number of hydrogen-bond acceptors (Lipinski definition) is 16. The number of ether oxygens (including phenoxy) is 5. The number of para-hydroxylation sites is 1. The molecule has 0 bridgehead atoms. The first kappa shape index (κ1) is 52.2. The van der Waals surface area contributed by atoms with E-state index in [0.29, 0.717) is 132 Å². The Morgan fingerprint density at radius 3 is 2.15 bits per heavy atom. The zero-order valence-corrected chi connectivity index (χ0v) is 41.0. The van der Waals surface area contributed by atoms with Gasteiger partial charge in [-0.05, 0) is 61.2 Å². The molecule has 22 heteroatoms. The first-order valence-electron chi connectivity index (χ1n) is 25.1. The number of morpholine rings is 1. The minimum absolute atomic E-state index is 0.0411. The third-order valence-electron chi connectivity index (χ3n) is 13.4. The maximum atomic E-state index is 15.4. The lowest BCUT2D eigenvalue weighted by molar-refractivity contribution is -0.136. The van der Waals surface area contributed by atoms with Crippen molar-refractivity contribution in [3.63, 3.8) is 0 Å². The SMILES string of the molecule is O=C(CN1CCC(n2cc(-c3cnc4cccc(-c5cc(F)c(CN6CCOCC6)c(F)c5)c4n3)cn2)CC1)NCCOCCOCCOCCOCCNc1ccc2c(c1)C(=O)N(C1CCC(=O)NC1=O)C2=O. The number of nitrogens with zero attached hydrogens (tertiary/aromatic N) is 7. The molecule has 20 nitrogen and oxygen atoms in total. The van der Waals surface area contributed by atoms with Gasteiger partial charge in [-0.3, -0.25) is 53.7 Å². The van der Waals surface area contributed by atoms with E-state index in [2.05, 4.69) is 30.9 Å². The molecule has 5 amide bonds. The largest absolute Gasteiger partial charge is 0.383 e. The first-order valence-corrected chi connectivity index (χ1v) is 25.1. The second kappa shape index (κ2) is 25.0. The van der Waals surface area contributed by atoms with Crippen LogP contribution < -0.4 is 16.0 Å². The molecule has 1 atom stereocenters. The predicted octanol–water partition coefficient (Wildman–Crippen LogP) is 3.60. The summed E-state index contributed by atoms with van der Waals surface area (Å²) in [6.45, 7) is 8.13. The van der Waals surface area contributed by atoms with Crippen LogP contribution in [-0.2, 0) is 44.6 Å². The van der Waals surface area contributed by atoms with E-state index in [-0.39, 0.29) is 48.0 Å². The monoisotopic (exact) mass is 1020 g/mol. The summed E-state index contributed by atoms with van der Waals surface area (Å²) in [6, 6.07) is 12.1. The number of nitrogens with one attached hydrogen (secondary N) is 3. The highest BCUT2D eigenvalue weighted by molar-refractivity contribution is 6.23. The third-order valence-corrected chi connectivity index (χ3v) is 13.4. The van der Waals surface area contributed by atoms with Crippen molar-refractivity contribution in [2.75, 3.05) is 117 Å². The fourth-order valence-corrected chi connectivity index (χ4v) is 9.44. The molecule has 3 aromatic carbocycles. The Hall–Kier alpha value is -6.66. The summed E-state index contributed by atoms with van der Waals surface area (Å²) in [7, 11) is 0. The van der Waals surface area contributed by atoms with E-state index >= 15 is 8.78 Å². The molecule has 9 rings (SSSR count). The summed E-state index contributed by atoms with van der Waals surface area (Å²) in [5.74, 6) is -3.45. The summed E-state index contributed by atoms with van der Waals surface area (Å²) < 4.78 is 60.5. The first-order chi connectivity index (χ1) is 36.1. The van der Waals surface area contributed by atoms with Crippen LogP contribution in [0.2, 0.25) is 0 Å². The smallest absolute Gasteiger partial charge is 0.262 e. The molecule has 0 aliphatic carbocycles. The van der Waals surface area contributed by atoms with Crippen molar-refractivity contribution in [1.82, 2.24) is 45.1 Å². The number of rotatable bonds is 24. The normalized spacial score (nSPS) is 17.8. The number of halogens is 2. The molecule has 3 saturated heterocycles. The van der Waals surface area contributed by atoms with Gasteiger partial charge >= 0.3 is 0 Å². The third kappa shape index (κ3) is 13.0. The summed E-state index contributed by atoms with van der Waals surface area (Å²) >= 11 is 0. The fraction of sp³-hybridized carbons (Fsp3) is 0.462. The number of fused-ring (bicyclic) bond motifs is 2. The lowest BCUT2D eigenvalue weighted by Gasteiger charge is -2.31. The van der Waals surface area contributed by atoms with Gasteiger partial charge in [0.05, 0.1) is 119 Å². The molecule has 3 fully saturated rings. The lowest BCUT2D eigenvalue weighted by atomic mass is 10.0. The van der Waals surface area contributed by atoms with E-state index in [1.54, 1.807) is 42.7 Å². The molecule has 4 aliphatic heterocycles. The molecular weight excluding hydrogens is 963 g/mol. The van der Waals surface area contributed by atoms with Gasteiger partial charge in [-0.25, -0.2) is 13.8 Å². The zero-order chi connectivity index (χ0) is 51.4. The average molecular weight is 1020 g/mol. The summed E-state index contributed by atoms with van der Waals surface area (Å²) in [5.41, 5.74) is 4.59. The standard InChI is InChI=1S/C52H60F2N10O10/c53-42-26-34(27-43(54)41(42)32-62-14-18-72-19-15-62)38-2-1-3-44-49(38)59-45(30-57-44)35-29-58-63(31-35)37-8-12-61(13-9-37)33-48(66)56-11-17-71-21-23-74-25-24-73-22-20-70-16-10-55-36-4-5-39-40(28-36)52(69)64(51(39)68)46-6-7-47(65)60-50(46)67/h1-5,26-31,37,46,55H,6-25,32-33H2,(H,56,66)(H,60,65,67). The molecule has 2 aromatic heterocycles. The molecule has 0 radical (unpaired) electrons.